The number of thiophene rings is 1. The van der Waals surface area contributed by atoms with Gasteiger partial charge >= 0.3 is 0 Å². The van der Waals surface area contributed by atoms with E-state index >= 15 is 0 Å². The summed E-state index contributed by atoms with van der Waals surface area (Å²) in [6, 6.07) is 11.2. The van der Waals surface area contributed by atoms with Crippen LogP contribution in [0, 0.1) is 38.6 Å². The molecule has 0 unspecified atom stereocenters. The Bertz CT molecular complexity index is 1480. The molecule has 0 spiro atoms. The van der Waals surface area contributed by atoms with Gasteiger partial charge in [0, 0.05) is 42.1 Å². The van der Waals surface area contributed by atoms with E-state index in [9.17, 15) is 9.90 Å². The maximum atomic E-state index is 11.7. The van der Waals surface area contributed by atoms with Crippen LogP contribution >= 0.6 is 11.3 Å². The van der Waals surface area contributed by atoms with Gasteiger partial charge < -0.3 is 5.11 Å². The Morgan fingerprint density at radius 2 is 1.58 bits per heavy atom. The molecular weight excluding hydrogens is 673 g/mol. The number of ketones is 1. The minimum Gasteiger partial charge on any atom is -0.512 e. The van der Waals surface area contributed by atoms with Crippen LogP contribution in [-0.4, -0.2) is 31.1 Å². The van der Waals surface area contributed by atoms with Gasteiger partial charge in [0.1, 0.15) is 5.52 Å². The monoisotopic (exact) mass is 713 g/mol. The van der Waals surface area contributed by atoms with Gasteiger partial charge in [-0.15, -0.1) is 23.6 Å². The zero-order valence-electron chi connectivity index (χ0n) is 25.8. The van der Waals surface area contributed by atoms with Crippen LogP contribution in [-0.2, 0) is 24.9 Å². The van der Waals surface area contributed by atoms with E-state index in [1.807, 2.05) is 58.9 Å². The second-order valence-corrected chi connectivity index (χ2v) is 10.1. The number of nitrogens with zero attached hydrogens (tertiary/aromatic N) is 4. The van der Waals surface area contributed by atoms with Crippen molar-refractivity contribution in [3.8, 4) is 10.6 Å². The summed E-state index contributed by atoms with van der Waals surface area (Å²) in [5.74, 6) is 0.547. The SMILES string of the molecule is CCC(CC)C(=O)/C=C(\O)C(CC)CC.[2H]C([2H])([2H])c1nnc(-c2[c-]c3ccccc3s2)c2nc(C)c(C)nc12.[Ir]. The van der Waals surface area contributed by atoms with Crippen molar-refractivity contribution >= 4 is 38.2 Å². The zero-order chi connectivity index (χ0) is 29.6. The zero-order valence-corrected chi connectivity index (χ0v) is 26.0. The Labute approximate surface area is 247 Å². The number of aryl methyl sites for hydroxylation is 3. The molecule has 0 aliphatic carbocycles. The summed E-state index contributed by atoms with van der Waals surface area (Å²) in [5.41, 5.74) is 2.53. The van der Waals surface area contributed by atoms with Crippen molar-refractivity contribution in [2.24, 2.45) is 11.8 Å². The first-order valence-electron chi connectivity index (χ1n) is 14.3. The van der Waals surface area contributed by atoms with Gasteiger partial charge in [-0.05, 0) is 56.0 Å². The molecule has 0 fully saturated rings. The first-order chi connectivity index (χ1) is 18.9. The van der Waals surface area contributed by atoms with E-state index in [4.69, 9.17) is 4.11 Å². The summed E-state index contributed by atoms with van der Waals surface area (Å²) < 4.78 is 24.2. The Morgan fingerprint density at radius 3 is 2.16 bits per heavy atom. The fraction of sp³-hybridized carbons (Fsp3) is 0.433. The number of hydrogen-bond donors (Lipinski definition) is 1. The Balaban J connectivity index is 0.000000320. The van der Waals surface area contributed by atoms with E-state index < -0.39 is 6.85 Å². The van der Waals surface area contributed by atoms with E-state index in [1.165, 1.54) is 17.4 Å². The largest absolute Gasteiger partial charge is 0.512 e. The molecule has 8 heteroatoms. The molecule has 0 aliphatic heterocycles. The molecule has 205 valence electrons. The van der Waals surface area contributed by atoms with Crippen LogP contribution in [0.3, 0.4) is 0 Å². The molecule has 0 amide bonds. The second kappa shape index (κ2) is 14.6. The molecule has 6 nitrogen and oxygen atoms in total. The van der Waals surface area contributed by atoms with Crippen LogP contribution in [0.1, 0.15) is 74.6 Å². The molecule has 3 aromatic heterocycles. The van der Waals surface area contributed by atoms with Crippen LogP contribution in [0.5, 0.6) is 0 Å². The summed E-state index contributed by atoms with van der Waals surface area (Å²) in [6.07, 6.45) is 4.91. The van der Waals surface area contributed by atoms with Crippen LogP contribution in [0.2, 0.25) is 0 Å². The number of rotatable bonds is 8. The van der Waals surface area contributed by atoms with Crippen LogP contribution in [0.4, 0.5) is 0 Å². The molecule has 0 saturated heterocycles. The van der Waals surface area contributed by atoms with Crippen LogP contribution < -0.4 is 0 Å². The van der Waals surface area contributed by atoms with Gasteiger partial charge in [0.15, 0.2) is 5.78 Å². The van der Waals surface area contributed by atoms with E-state index in [0.29, 0.717) is 16.9 Å². The Hall–Kier alpha value is -2.54. The maximum Gasteiger partial charge on any atom is 0.162 e. The molecule has 1 N–H and O–H groups in total. The third-order valence-electron chi connectivity index (χ3n) is 6.65. The molecule has 4 rings (SSSR count). The summed E-state index contributed by atoms with van der Waals surface area (Å²) in [7, 11) is 0. The van der Waals surface area contributed by atoms with Crippen molar-refractivity contribution in [3.63, 3.8) is 0 Å². The third kappa shape index (κ3) is 7.31. The molecule has 1 aromatic carbocycles. The smallest absolute Gasteiger partial charge is 0.162 e. The third-order valence-corrected chi connectivity index (χ3v) is 7.73. The number of hydrogen-bond acceptors (Lipinski definition) is 7. The first kappa shape index (κ1) is 27.0. The van der Waals surface area contributed by atoms with Gasteiger partial charge in [0.2, 0.25) is 0 Å². The minimum atomic E-state index is -2.40. The van der Waals surface area contributed by atoms with Crippen molar-refractivity contribution in [2.75, 3.05) is 0 Å². The Kier molecular flexibility index (Phi) is 10.4. The quantitative estimate of drug-likeness (QED) is 0.114. The first-order valence-corrected chi connectivity index (χ1v) is 13.6. The van der Waals surface area contributed by atoms with Crippen LogP contribution in [0.15, 0.2) is 36.1 Å². The molecule has 1 radical (unpaired) electrons. The minimum absolute atomic E-state index is 0. The summed E-state index contributed by atoms with van der Waals surface area (Å²) in [4.78, 5) is 21.5. The van der Waals surface area contributed by atoms with E-state index in [2.05, 4.69) is 26.2 Å². The van der Waals surface area contributed by atoms with Crippen LogP contribution in [0.25, 0.3) is 31.7 Å². The molecule has 0 bridgehead atoms. The number of carbonyl (C=O) groups excluding carboxylic acids is 1. The fourth-order valence-corrected chi connectivity index (χ4v) is 5.08. The predicted molar refractivity (Wildman–Crippen MR) is 153 cm³/mol. The molecule has 3 heterocycles. The number of allylic oxidation sites excluding steroid dienone is 2. The van der Waals surface area contributed by atoms with Gasteiger partial charge in [0.05, 0.1) is 34.1 Å². The van der Waals surface area contributed by atoms with Crippen molar-refractivity contribution < 1.29 is 34.1 Å². The summed E-state index contributed by atoms with van der Waals surface area (Å²) in [6.45, 7) is 9.32. The average Bonchev–Trinajstić information content (AvgIpc) is 3.34. The van der Waals surface area contributed by atoms with Gasteiger partial charge in [-0.25, -0.2) is 16.3 Å². The average molecular weight is 713 g/mol. The fourth-order valence-electron chi connectivity index (χ4n) is 4.08. The van der Waals surface area contributed by atoms with Gasteiger partial charge in [0.25, 0.3) is 0 Å². The maximum absolute atomic E-state index is 11.7. The van der Waals surface area contributed by atoms with E-state index in [0.717, 1.165) is 46.3 Å². The van der Waals surface area contributed by atoms with E-state index in [-0.39, 0.29) is 54.7 Å². The van der Waals surface area contributed by atoms with Gasteiger partial charge in [-0.3, -0.25) is 9.78 Å². The number of aliphatic hydroxyl groups is 1. The second-order valence-electron chi connectivity index (χ2n) is 9.04. The Morgan fingerprint density at radius 1 is 0.974 bits per heavy atom. The number of fused-ring (bicyclic) bond motifs is 2. The standard InChI is InChI=1S/C17H13N4S.C13H24O2.Ir/c1-9-10(2)19-17-15(18-9)11(3)20-21-16(17)14-8-12-6-4-5-7-13(12)22-14;1-5-10(6-2)12(14)9-13(15)11(7-3)8-4;/h4-7H,1-3H3;9-11,14H,5-8H2,1-4H3;/q-1;;/b;12-9-;/i3D3;;. The van der Waals surface area contributed by atoms with Crippen molar-refractivity contribution in [1.82, 2.24) is 20.2 Å². The molecule has 4 aromatic rings. The summed E-state index contributed by atoms with van der Waals surface area (Å²) >= 11 is 1.52. The normalized spacial score (nSPS) is 13.1. The molecule has 0 atom stereocenters. The van der Waals surface area contributed by atoms with Crippen molar-refractivity contribution in [2.45, 2.75) is 74.1 Å². The van der Waals surface area contributed by atoms with Gasteiger partial charge in [-0.1, -0.05) is 39.8 Å². The van der Waals surface area contributed by atoms with Gasteiger partial charge in [-0.2, -0.15) is 10.2 Å². The van der Waals surface area contributed by atoms with Crippen molar-refractivity contribution in [3.05, 3.63) is 59.2 Å². The predicted octanol–water partition coefficient (Wildman–Crippen LogP) is 7.89. The summed E-state index contributed by atoms with van der Waals surface area (Å²) in [5, 5.41) is 18.9. The number of aromatic nitrogens is 4. The van der Waals surface area contributed by atoms with E-state index in [1.54, 1.807) is 6.92 Å². The topological polar surface area (TPSA) is 88.9 Å². The van der Waals surface area contributed by atoms with Crippen molar-refractivity contribution in [1.29, 1.82) is 0 Å². The molecular formula is C30H37IrN4O2S-. The molecule has 0 saturated carbocycles. The molecule has 38 heavy (non-hydrogen) atoms. The number of aliphatic hydroxyl groups excluding tert-OH is 1. The molecule has 0 aliphatic rings. The number of carbonyl (C=O) groups is 1. The number of benzene rings is 1.